The van der Waals surface area contributed by atoms with Gasteiger partial charge in [-0.1, -0.05) is 22.0 Å². The number of nitrogens with one attached hydrogen (secondary N) is 1. The summed E-state index contributed by atoms with van der Waals surface area (Å²) in [6.07, 6.45) is 1.74. The minimum absolute atomic E-state index is 0.438. The Bertz CT molecular complexity index is 453. The Labute approximate surface area is 121 Å². The molecule has 5 heteroatoms. The van der Waals surface area contributed by atoms with Crippen molar-refractivity contribution in [3.63, 3.8) is 0 Å². The van der Waals surface area contributed by atoms with Crippen molar-refractivity contribution in [3.8, 4) is 0 Å². The smallest absolute Gasteiger partial charge is 0.320 e. The summed E-state index contributed by atoms with van der Waals surface area (Å²) in [5, 5.41) is 11.9. The molecular weight excluding hydrogens is 308 g/mol. The van der Waals surface area contributed by atoms with E-state index in [1.807, 2.05) is 12.1 Å². The zero-order valence-corrected chi connectivity index (χ0v) is 12.6. The number of aliphatic carboxylic acids is 1. The molecule has 104 valence electrons. The van der Waals surface area contributed by atoms with Gasteiger partial charge in [0.1, 0.15) is 6.04 Å². The van der Waals surface area contributed by atoms with Crippen molar-refractivity contribution in [2.24, 2.45) is 5.92 Å². The SMILES string of the molecule is CNC(CC1CCN(c2cccc(Br)c2)C1)C(=O)O. The highest BCUT2D eigenvalue weighted by Crippen LogP contribution is 2.28. The van der Waals surface area contributed by atoms with Gasteiger partial charge in [0.05, 0.1) is 0 Å². The van der Waals surface area contributed by atoms with E-state index in [1.54, 1.807) is 7.05 Å². The van der Waals surface area contributed by atoms with Crippen molar-refractivity contribution in [1.82, 2.24) is 5.32 Å². The molecule has 0 bridgehead atoms. The van der Waals surface area contributed by atoms with Crippen LogP contribution in [0.1, 0.15) is 12.8 Å². The Morgan fingerprint density at radius 3 is 3.05 bits per heavy atom. The van der Waals surface area contributed by atoms with Gasteiger partial charge in [0.15, 0.2) is 0 Å². The quantitative estimate of drug-likeness (QED) is 0.872. The summed E-state index contributed by atoms with van der Waals surface area (Å²) >= 11 is 3.48. The summed E-state index contributed by atoms with van der Waals surface area (Å²) in [7, 11) is 1.71. The summed E-state index contributed by atoms with van der Waals surface area (Å²) in [4.78, 5) is 13.4. The Morgan fingerprint density at radius 1 is 1.63 bits per heavy atom. The Hall–Kier alpha value is -1.07. The fourth-order valence-electron chi connectivity index (χ4n) is 2.61. The first-order valence-corrected chi connectivity index (χ1v) is 7.30. The van der Waals surface area contributed by atoms with Gasteiger partial charge in [-0.25, -0.2) is 0 Å². The molecule has 1 aromatic carbocycles. The van der Waals surface area contributed by atoms with Crippen LogP contribution in [0, 0.1) is 5.92 Å². The number of halogens is 1. The van der Waals surface area contributed by atoms with Crippen LogP contribution < -0.4 is 10.2 Å². The highest BCUT2D eigenvalue weighted by atomic mass is 79.9. The first-order valence-electron chi connectivity index (χ1n) is 6.50. The lowest BCUT2D eigenvalue weighted by Gasteiger charge is -2.20. The maximum Gasteiger partial charge on any atom is 0.320 e. The van der Waals surface area contributed by atoms with Crippen LogP contribution in [0.4, 0.5) is 5.69 Å². The summed E-state index contributed by atoms with van der Waals surface area (Å²) in [6.45, 7) is 1.93. The second kappa shape index (κ2) is 6.39. The van der Waals surface area contributed by atoms with E-state index in [4.69, 9.17) is 5.11 Å². The van der Waals surface area contributed by atoms with E-state index in [9.17, 15) is 4.79 Å². The Kier molecular flexibility index (Phi) is 4.82. The van der Waals surface area contributed by atoms with Gasteiger partial charge in [0, 0.05) is 23.2 Å². The average Bonchev–Trinajstić information content (AvgIpc) is 2.84. The van der Waals surface area contributed by atoms with Crippen molar-refractivity contribution in [2.45, 2.75) is 18.9 Å². The van der Waals surface area contributed by atoms with Crippen LogP contribution in [-0.4, -0.2) is 37.3 Å². The largest absolute Gasteiger partial charge is 0.480 e. The summed E-state index contributed by atoms with van der Waals surface area (Å²) < 4.78 is 1.08. The molecule has 19 heavy (non-hydrogen) atoms. The Morgan fingerprint density at radius 2 is 2.42 bits per heavy atom. The fourth-order valence-corrected chi connectivity index (χ4v) is 3.00. The van der Waals surface area contributed by atoms with Gasteiger partial charge in [0.2, 0.25) is 0 Å². The van der Waals surface area contributed by atoms with E-state index in [0.717, 1.165) is 24.0 Å². The molecule has 1 fully saturated rings. The molecule has 2 rings (SSSR count). The molecule has 2 atom stereocenters. The lowest BCUT2D eigenvalue weighted by molar-refractivity contribution is -0.139. The van der Waals surface area contributed by atoms with Crippen LogP contribution in [-0.2, 0) is 4.79 Å². The first-order chi connectivity index (χ1) is 9.10. The second-order valence-electron chi connectivity index (χ2n) is 5.00. The molecule has 1 aliphatic rings. The topological polar surface area (TPSA) is 52.6 Å². The van der Waals surface area contributed by atoms with Crippen LogP contribution in [0.3, 0.4) is 0 Å². The average molecular weight is 327 g/mol. The van der Waals surface area contributed by atoms with Crippen molar-refractivity contribution in [2.75, 3.05) is 25.0 Å². The lowest BCUT2D eigenvalue weighted by atomic mass is 9.99. The molecule has 0 aliphatic carbocycles. The van der Waals surface area contributed by atoms with E-state index in [0.29, 0.717) is 12.3 Å². The molecule has 0 radical (unpaired) electrons. The number of hydrogen-bond acceptors (Lipinski definition) is 3. The van der Waals surface area contributed by atoms with E-state index >= 15 is 0 Å². The summed E-state index contributed by atoms with van der Waals surface area (Å²) in [5.41, 5.74) is 1.20. The van der Waals surface area contributed by atoms with E-state index < -0.39 is 12.0 Å². The zero-order chi connectivity index (χ0) is 13.8. The highest BCUT2D eigenvalue weighted by molar-refractivity contribution is 9.10. The number of nitrogens with zero attached hydrogens (tertiary/aromatic N) is 1. The Balaban J connectivity index is 1.94. The molecule has 0 amide bonds. The number of carboxylic acids is 1. The van der Waals surface area contributed by atoms with Crippen LogP contribution in [0.15, 0.2) is 28.7 Å². The monoisotopic (exact) mass is 326 g/mol. The third kappa shape index (κ3) is 3.70. The van der Waals surface area contributed by atoms with Crippen molar-refractivity contribution in [3.05, 3.63) is 28.7 Å². The van der Waals surface area contributed by atoms with Crippen LogP contribution >= 0.6 is 15.9 Å². The number of likely N-dealkylation sites (N-methyl/N-ethyl adjacent to an activating group) is 1. The third-order valence-electron chi connectivity index (χ3n) is 3.67. The molecule has 2 unspecified atom stereocenters. The van der Waals surface area contributed by atoms with Gasteiger partial charge in [-0.3, -0.25) is 4.79 Å². The van der Waals surface area contributed by atoms with E-state index in [-0.39, 0.29) is 0 Å². The predicted molar refractivity (Wildman–Crippen MR) is 79.6 cm³/mol. The van der Waals surface area contributed by atoms with Gasteiger partial charge in [-0.2, -0.15) is 0 Å². The number of benzene rings is 1. The van der Waals surface area contributed by atoms with Crippen molar-refractivity contribution in [1.29, 1.82) is 0 Å². The standard InChI is InChI=1S/C14H19BrN2O2/c1-16-13(14(18)19)7-10-5-6-17(9-10)12-4-2-3-11(15)8-12/h2-4,8,10,13,16H,5-7,9H2,1H3,(H,18,19). The van der Waals surface area contributed by atoms with Crippen LogP contribution in [0.25, 0.3) is 0 Å². The number of carboxylic acid groups (broad SMARTS) is 1. The van der Waals surface area contributed by atoms with Crippen molar-refractivity contribution >= 4 is 27.6 Å². The molecule has 1 heterocycles. The molecular formula is C14H19BrN2O2. The van der Waals surface area contributed by atoms with E-state index in [1.165, 1.54) is 5.69 Å². The molecule has 0 aromatic heterocycles. The third-order valence-corrected chi connectivity index (χ3v) is 4.17. The van der Waals surface area contributed by atoms with Gasteiger partial charge in [-0.05, 0) is 44.0 Å². The minimum atomic E-state index is -0.761. The van der Waals surface area contributed by atoms with Crippen molar-refractivity contribution < 1.29 is 9.90 Å². The molecule has 1 saturated heterocycles. The van der Waals surface area contributed by atoms with Gasteiger partial charge < -0.3 is 15.3 Å². The molecule has 0 spiro atoms. The van der Waals surface area contributed by atoms with Crippen LogP contribution in [0.5, 0.6) is 0 Å². The molecule has 2 N–H and O–H groups in total. The maximum absolute atomic E-state index is 11.0. The lowest BCUT2D eigenvalue weighted by Crippen LogP contribution is -2.36. The normalized spacial score (nSPS) is 20.5. The first kappa shape index (κ1) is 14.3. The van der Waals surface area contributed by atoms with Gasteiger partial charge in [-0.15, -0.1) is 0 Å². The van der Waals surface area contributed by atoms with Gasteiger partial charge >= 0.3 is 5.97 Å². The number of anilines is 1. The van der Waals surface area contributed by atoms with E-state index in [2.05, 4.69) is 38.3 Å². The van der Waals surface area contributed by atoms with Gasteiger partial charge in [0.25, 0.3) is 0 Å². The molecule has 0 saturated carbocycles. The minimum Gasteiger partial charge on any atom is -0.480 e. The molecule has 1 aromatic rings. The molecule has 1 aliphatic heterocycles. The highest BCUT2D eigenvalue weighted by Gasteiger charge is 2.27. The fraction of sp³-hybridized carbons (Fsp3) is 0.500. The summed E-state index contributed by atoms with van der Waals surface area (Å²) in [6, 6.07) is 7.81. The van der Waals surface area contributed by atoms with Crippen LogP contribution in [0.2, 0.25) is 0 Å². The molecule has 4 nitrogen and oxygen atoms in total. The number of carbonyl (C=O) groups is 1. The maximum atomic E-state index is 11.0. The predicted octanol–water partition coefficient (Wildman–Crippen LogP) is 2.34. The zero-order valence-electron chi connectivity index (χ0n) is 11.0. The number of rotatable bonds is 5. The second-order valence-corrected chi connectivity index (χ2v) is 5.91. The number of hydrogen-bond donors (Lipinski definition) is 2. The summed E-state index contributed by atoms with van der Waals surface area (Å²) in [5.74, 6) is -0.323.